The molecule has 1 N–H and O–H groups in total. The van der Waals surface area contributed by atoms with Gasteiger partial charge in [0.15, 0.2) is 11.5 Å². The first kappa shape index (κ1) is 28.9. The van der Waals surface area contributed by atoms with Gasteiger partial charge in [-0.15, -0.1) is 0 Å². The van der Waals surface area contributed by atoms with Gasteiger partial charge in [-0.05, 0) is 61.0 Å². The topological polar surface area (TPSA) is 101 Å². The van der Waals surface area contributed by atoms with Gasteiger partial charge in [-0.1, -0.05) is 48.0 Å². The second-order valence-corrected chi connectivity index (χ2v) is 9.68. The molecule has 0 atom stereocenters. The van der Waals surface area contributed by atoms with Gasteiger partial charge in [0.05, 0.1) is 32.6 Å². The highest BCUT2D eigenvalue weighted by Gasteiger charge is 2.26. The Morgan fingerprint density at radius 2 is 1.40 bits per heavy atom. The van der Waals surface area contributed by atoms with Gasteiger partial charge in [0, 0.05) is 23.7 Å². The summed E-state index contributed by atoms with van der Waals surface area (Å²) in [6, 6.07) is 27.6. The van der Waals surface area contributed by atoms with Crippen LogP contribution in [-0.2, 0) is 4.79 Å². The third-order valence-corrected chi connectivity index (χ3v) is 6.77. The van der Waals surface area contributed by atoms with Crippen LogP contribution in [0.25, 0.3) is 28.1 Å². The number of aryl methyl sites for hydroxylation is 1. The highest BCUT2D eigenvalue weighted by molar-refractivity contribution is 6.04. The fraction of sp³-hybridized carbons (Fsp3) is 0.147. The van der Waals surface area contributed by atoms with Crippen LogP contribution in [0.1, 0.15) is 22.8 Å². The Bertz CT molecular complexity index is 1740. The minimum absolute atomic E-state index is 0.219. The van der Waals surface area contributed by atoms with Crippen molar-refractivity contribution in [2.24, 2.45) is 0 Å². The standard InChI is InChI=1S/C34H31N3O6/c1-21-11-13-24(14-12-21)33(39)35-26-17-15-23(16-18-26)30-31(25-19-28(40-3)32(42-5)29(20-25)41-4)36-37(34(30)43-22(2)38)27-9-7-6-8-10-27/h6-20H,1-5H3,(H,35,39). The van der Waals surface area contributed by atoms with Crippen LogP contribution >= 0.6 is 0 Å². The molecule has 0 saturated heterocycles. The zero-order valence-corrected chi connectivity index (χ0v) is 24.5. The van der Waals surface area contributed by atoms with Crippen LogP contribution in [0.5, 0.6) is 23.1 Å². The Balaban J connectivity index is 1.66. The number of carbonyl (C=O) groups is 2. The molecular weight excluding hydrogens is 546 g/mol. The van der Waals surface area contributed by atoms with E-state index in [2.05, 4.69) is 5.32 Å². The number of anilines is 1. The van der Waals surface area contributed by atoms with Crippen molar-refractivity contribution in [1.29, 1.82) is 0 Å². The van der Waals surface area contributed by atoms with E-state index >= 15 is 0 Å². The van der Waals surface area contributed by atoms with E-state index in [1.54, 1.807) is 55.3 Å². The number of nitrogens with zero attached hydrogens (tertiary/aromatic N) is 2. The van der Waals surface area contributed by atoms with E-state index < -0.39 is 5.97 Å². The van der Waals surface area contributed by atoms with Crippen molar-refractivity contribution in [1.82, 2.24) is 9.78 Å². The molecule has 218 valence electrons. The number of esters is 1. The Kier molecular flexibility index (Phi) is 8.43. The molecule has 43 heavy (non-hydrogen) atoms. The van der Waals surface area contributed by atoms with Gasteiger partial charge < -0.3 is 24.3 Å². The number of rotatable bonds is 9. The van der Waals surface area contributed by atoms with Gasteiger partial charge in [-0.25, -0.2) is 0 Å². The Morgan fingerprint density at radius 3 is 1.95 bits per heavy atom. The van der Waals surface area contributed by atoms with E-state index in [4.69, 9.17) is 24.0 Å². The zero-order valence-electron chi connectivity index (χ0n) is 24.5. The molecule has 4 aromatic carbocycles. The maximum Gasteiger partial charge on any atom is 0.309 e. The summed E-state index contributed by atoms with van der Waals surface area (Å²) in [4.78, 5) is 25.2. The fourth-order valence-electron chi connectivity index (χ4n) is 4.69. The number of hydrogen-bond acceptors (Lipinski definition) is 7. The average molecular weight is 578 g/mol. The summed E-state index contributed by atoms with van der Waals surface area (Å²) in [6.07, 6.45) is 0. The molecule has 0 unspecified atom stereocenters. The number of ether oxygens (including phenoxy) is 4. The summed E-state index contributed by atoms with van der Waals surface area (Å²) in [7, 11) is 4.62. The molecule has 0 aliphatic heterocycles. The second kappa shape index (κ2) is 12.5. The summed E-state index contributed by atoms with van der Waals surface area (Å²) in [6.45, 7) is 3.31. The summed E-state index contributed by atoms with van der Waals surface area (Å²) in [5.74, 6) is 0.839. The normalized spacial score (nSPS) is 10.6. The third-order valence-electron chi connectivity index (χ3n) is 6.77. The van der Waals surface area contributed by atoms with Gasteiger partial charge in [-0.3, -0.25) is 9.59 Å². The summed E-state index contributed by atoms with van der Waals surface area (Å²) < 4.78 is 24.1. The number of hydrogen-bond donors (Lipinski definition) is 1. The minimum Gasteiger partial charge on any atom is -0.493 e. The Labute approximate surface area is 249 Å². The van der Waals surface area contributed by atoms with E-state index in [0.717, 1.165) is 5.56 Å². The molecule has 5 aromatic rings. The molecule has 1 aromatic heterocycles. The average Bonchev–Trinajstić information content (AvgIpc) is 3.39. The molecule has 0 aliphatic rings. The largest absolute Gasteiger partial charge is 0.493 e. The van der Waals surface area contributed by atoms with Crippen LogP contribution in [0.4, 0.5) is 5.69 Å². The lowest BCUT2D eigenvalue weighted by Crippen LogP contribution is -2.11. The smallest absolute Gasteiger partial charge is 0.309 e. The minimum atomic E-state index is -0.503. The predicted molar refractivity (Wildman–Crippen MR) is 165 cm³/mol. The number of nitrogens with one attached hydrogen (secondary N) is 1. The summed E-state index contributed by atoms with van der Waals surface area (Å²) in [5, 5.41) is 7.85. The predicted octanol–water partition coefficient (Wildman–Crippen LogP) is 6.72. The molecule has 1 amide bonds. The highest BCUT2D eigenvalue weighted by Crippen LogP contribution is 2.46. The van der Waals surface area contributed by atoms with Crippen molar-refractivity contribution in [2.75, 3.05) is 26.6 Å². The molecule has 0 saturated carbocycles. The molecule has 1 heterocycles. The Hall–Kier alpha value is -5.57. The van der Waals surface area contributed by atoms with Gasteiger partial charge >= 0.3 is 5.97 Å². The zero-order chi connectivity index (χ0) is 30.5. The van der Waals surface area contributed by atoms with E-state index in [0.29, 0.717) is 56.6 Å². The van der Waals surface area contributed by atoms with E-state index in [1.807, 2.05) is 61.5 Å². The lowest BCUT2D eigenvalue weighted by molar-refractivity contribution is -0.132. The van der Waals surface area contributed by atoms with Gasteiger partial charge in [0.1, 0.15) is 5.69 Å². The lowest BCUT2D eigenvalue weighted by atomic mass is 10.00. The molecule has 9 nitrogen and oxygen atoms in total. The van der Waals surface area contributed by atoms with Crippen molar-refractivity contribution in [3.63, 3.8) is 0 Å². The van der Waals surface area contributed by atoms with Crippen molar-refractivity contribution in [2.45, 2.75) is 13.8 Å². The van der Waals surface area contributed by atoms with Crippen LogP contribution in [-0.4, -0.2) is 43.0 Å². The number of para-hydroxylation sites is 1. The first-order valence-electron chi connectivity index (χ1n) is 13.5. The highest BCUT2D eigenvalue weighted by atomic mass is 16.5. The summed E-state index contributed by atoms with van der Waals surface area (Å²) >= 11 is 0. The van der Waals surface area contributed by atoms with Crippen molar-refractivity contribution >= 4 is 17.6 Å². The molecule has 0 bridgehead atoms. The molecule has 5 rings (SSSR count). The number of methoxy groups -OCH3 is 3. The monoisotopic (exact) mass is 577 g/mol. The molecule has 0 aliphatic carbocycles. The number of benzene rings is 4. The van der Waals surface area contributed by atoms with Gasteiger partial charge in [0.25, 0.3) is 5.91 Å². The van der Waals surface area contributed by atoms with Crippen LogP contribution < -0.4 is 24.3 Å². The third kappa shape index (κ3) is 6.06. The quantitative estimate of drug-likeness (QED) is 0.194. The summed E-state index contributed by atoms with van der Waals surface area (Å²) in [5.41, 5.74) is 5.35. The SMILES string of the molecule is COc1cc(-c2nn(-c3ccccc3)c(OC(C)=O)c2-c2ccc(NC(=O)c3ccc(C)cc3)cc2)cc(OC)c1OC. The maximum absolute atomic E-state index is 12.8. The van der Waals surface area contributed by atoms with E-state index in [1.165, 1.54) is 14.0 Å². The van der Waals surface area contributed by atoms with Crippen LogP contribution in [0.2, 0.25) is 0 Å². The Morgan fingerprint density at radius 1 is 0.767 bits per heavy atom. The van der Waals surface area contributed by atoms with Crippen molar-refractivity contribution in [3.8, 4) is 51.2 Å². The van der Waals surface area contributed by atoms with Crippen molar-refractivity contribution in [3.05, 3.63) is 102 Å². The van der Waals surface area contributed by atoms with Crippen LogP contribution in [0.15, 0.2) is 91.0 Å². The second-order valence-electron chi connectivity index (χ2n) is 9.68. The number of aromatic nitrogens is 2. The number of amides is 1. The van der Waals surface area contributed by atoms with Gasteiger partial charge in [-0.2, -0.15) is 9.78 Å². The number of carbonyl (C=O) groups excluding carboxylic acids is 2. The fourth-order valence-corrected chi connectivity index (χ4v) is 4.69. The van der Waals surface area contributed by atoms with Crippen molar-refractivity contribution < 1.29 is 28.5 Å². The van der Waals surface area contributed by atoms with E-state index in [-0.39, 0.29) is 11.8 Å². The van der Waals surface area contributed by atoms with E-state index in [9.17, 15) is 9.59 Å². The first-order chi connectivity index (χ1) is 20.8. The van der Waals surface area contributed by atoms with Crippen LogP contribution in [0, 0.1) is 6.92 Å². The molecule has 0 radical (unpaired) electrons. The first-order valence-corrected chi connectivity index (χ1v) is 13.5. The molecule has 0 fully saturated rings. The maximum atomic E-state index is 12.8. The molecule has 0 spiro atoms. The van der Waals surface area contributed by atoms with Gasteiger partial charge in [0.2, 0.25) is 11.6 Å². The molecule has 9 heteroatoms. The van der Waals surface area contributed by atoms with Crippen LogP contribution in [0.3, 0.4) is 0 Å². The lowest BCUT2D eigenvalue weighted by Gasteiger charge is -2.14. The molecular formula is C34H31N3O6.